The maximum Gasteiger partial charge on any atom is 0.258 e. The lowest BCUT2D eigenvalue weighted by molar-refractivity contribution is 0.0707. The molecule has 1 aromatic heterocycles. The minimum absolute atomic E-state index is 0.110. The molecule has 1 aliphatic heterocycles. The minimum Gasteiger partial charge on any atom is -0.463 e. The predicted octanol–water partition coefficient (Wildman–Crippen LogP) is 3.38. The van der Waals surface area contributed by atoms with Gasteiger partial charge >= 0.3 is 0 Å². The minimum atomic E-state index is 0.110. The summed E-state index contributed by atoms with van der Waals surface area (Å²) in [5.74, 6) is 0.586. The molecule has 4 nitrogen and oxygen atoms in total. The van der Waals surface area contributed by atoms with Crippen molar-refractivity contribution < 1.29 is 13.9 Å². The van der Waals surface area contributed by atoms with Crippen molar-refractivity contribution in [2.75, 3.05) is 19.8 Å². The number of para-hydroxylation sites is 1. The number of benzene rings is 1. The second-order valence-corrected chi connectivity index (χ2v) is 6.52. The molecule has 4 rings (SSSR count). The highest BCUT2D eigenvalue weighted by Gasteiger charge is 2.36. The van der Waals surface area contributed by atoms with Gasteiger partial charge in [0.15, 0.2) is 0 Å². The number of amides is 1. The number of carbonyl (C=O) groups excluding carboxylic acids is 1. The van der Waals surface area contributed by atoms with Gasteiger partial charge in [-0.1, -0.05) is 18.2 Å². The van der Waals surface area contributed by atoms with Gasteiger partial charge in [-0.3, -0.25) is 4.79 Å². The number of carbonyl (C=O) groups is 1. The molecule has 2 heterocycles. The number of fused-ring (bicyclic) bond motifs is 1. The van der Waals surface area contributed by atoms with Crippen molar-refractivity contribution in [2.45, 2.75) is 32.2 Å². The molecule has 0 bridgehead atoms. The Morgan fingerprint density at radius 1 is 1.32 bits per heavy atom. The van der Waals surface area contributed by atoms with E-state index in [2.05, 4.69) is 0 Å². The highest BCUT2D eigenvalue weighted by atomic mass is 16.5. The van der Waals surface area contributed by atoms with Crippen LogP contribution in [0.1, 0.15) is 35.2 Å². The molecule has 1 aliphatic carbocycles. The number of aryl methyl sites for hydroxylation is 1. The average Bonchev–Trinajstić information content (AvgIpc) is 3.05. The SMILES string of the molecule is Cc1cccc2c(C(=O)N(CC3CCOC3)C3CC3)coc12. The maximum absolute atomic E-state index is 13.0. The maximum atomic E-state index is 13.0. The molecule has 1 unspecified atom stereocenters. The number of furan rings is 1. The van der Waals surface area contributed by atoms with E-state index in [0.717, 1.165) is 55.6 Å². The summed E-state index contributed by atoms with van der Waals surface area (Å²) in [5.41, 5.74) is 2.59. The van der Waals surface area contributed by atoms with Crippen LogP contribution in [0.25, 0.3) is 11.0 Å². The van der Waals surface area contributed by atoms with Crippen molar-refractivity contribution in [1.82, 2.24) is 4.90 Å². The van der Waals surface area contributed by atoms with Gasteiger partial charge in [-0.15, -0.1) is 0 Å². The Hall–Kier alpha value is -1.81. The van der Waals surface area contributed by atoms with Crippen LogP contribution in [0.5, 0.6) is 0 Å². The first-order valence-electron chi connectivity index (χ1n) is 8.09. The summed E-state index contributed by atoms with van der Waals surface area (Å²) < 4.78 is 11.1. The third kappa shape index (κ3) is 2.41. The van der Waals surface area contributed by atoms with Crippen LogP contribution in [0, 0.1) is 12.8 Å². The van der Waals surface area contributed by atoms with Crippen LogP contribution in [0.3, 0.4) is 0 Å². The fraction of sp³-hybridized carbons (Fsp3) is 0.500. The highest BCUT2D eigenvalue weighted by Crippen LogP contribution is 2.32. The molecule has 2 fully saturated rings. The van der Waals surface area contributed by atoms with Gasteiger partial charge < -0.3 is 14.1 Å². The zero-order valence-corrected chi connectivity index (χ0v) is 12.9. The molecule has 1 saturated heterocycles. The molecule has 0 spiro atoms. The van der Waals surface area contributed by atoms with Gasteiger partial charge in [0.25, 0.3) is 5.91 Å². The summed E-state index contributed by atoms with van der Waals surface area (Å²) in [5, 5.41) is 0.929. The monoisotopic (exact) mass is 299 g/mol. The Bertz CT molecular complexity index is 695. The number of nitrogens with zero attached hydrogens (tertiary/aromatic N) is 1. The number of hydrogen-bond donors (Lipinski definition) is 0. The third-order valence-corrected chi connectivity index (χ3v) is 4.75. The van der Waals surface area contributed by atoms with Crippen LogP contribution in [-0.4, -0.2) is 36.6 Å². The van der Waals surface area contributed by atoms with Crippen LogP contribution >= 0.6 is 0 Å². The van der Waals surface area contributed by atoms with Gasteiger partial charge in [-0.2, -0.15) is 0 Å². The third-order valence-electron chi connectivity index (χ3n) is 4.75. The van der Waals surface area contributed by atoms with Crippen molar-refractivity contribution in [2.24, 2.45) is 5.92 Å². The van der Waals surface area contributed by atoms with E-state index in [0.29, 0.717) is 17.5 Å². The largest absolute Gasteiger partial charge is 0.463 e. The molecule has 116 valence electrons. The summed E-state index contributed by atoms with van der Waals surface area (Å²) in [7, 11) is 0. The fourth-order valence-corrected chi connectivity index (χ4v) is 3.31. The van der Waals surface area contributed by atoms with Crippen LogP contribution in [0.15, 0.2) is 28.9 Å². The molecule has 2 aromatic rings. The van der Waals surface area contributed by atoms with E-state index in [1.807, 2.05) is 30.0 Å². The average molecular weight is 299 g/mol. The zero-order chi connectivity index (χ0) is 15.1. The van der Waals surface area contributed by atoms with Crippen molar-refractivity contribution in [3.8, 4) is 0 Å². The molecule has 1 aromatic carbocycles. The Balaban J connectivity index is 1.63. The van der Waals surface area contributed by atoms with Crippen LogP contribution < -0.4 is 0 Å². The first-order valence-corrected chi connectivity index (χ1v) is 8.09. The topological polar surface area (TPSA) is 42.7 Å². The molecule has 0 radical (unpaired) electrons. The Morgan fingerprint density at radius 3 is 2.91 bits per heavy atom. The highest BCUT2D eigenvalue weighted by molar-refractivity contribution is 6.06. The lowest BCUT2D eigenvalue weighted by atomic mass is 10.1. The van der Waals surface area contributed by atoms with E-state index in [9.17, 15) is 4.79 Å². The normalized spacial score (nSPS) is 21.4. The van der Waals surface area contributed by atoms with Gasteiger partial charge in [0, 0.05) is 30.5 Å². The quantitative estimate of drug-likeness (QED) is 0.869. The summed E-state index contributed by atoms with van der Waals surface area (Å²) >= 11 is 0. The lowest BCUT2D eigenvalue weighted by Crippen LogP contribution is -2.37. The summed E-state index contributed by atoms with van der Waals surface area (Å²) in [6.45, 7) is 4.42. The number of rotatable bonds is 4. The molecule has 22 heavy (non-hydrogen) atoms. The first kappa shape index (κ1) is 13.8. The summed E-state index contributed by atoms with van der Waals surface area (Å²) in [6, 6.07) is 6.37. The van der Waals surface area contributed by atoms with E-state index in [-0.39, 0.29) is 5.91 Å². The molecule has 4 heteroatoms. The summed E-state index contributed by atoms with van der Waals surface area (Å²) in [4.78, 5) is 15.1. The van der Waals surface area contributed by atoms with Gasteiger partial charge in [-0.05, 0) is 31.7 Å². The van der Waals surface area contributed by atoms with Crippen LogP contribution in [0.2, 0.25) is 0 Å². The Kier molecular flexibility index (Phi) is 3.41. The van der Waals surface area contributed by atoms with E-state index in [1.54, 1.807) is 6.26 Å². The molecule has 1 atom stereocenters. The Labute approximate surface area is 130 Å². The van der Waals surface area contributed by atoms with E-state index < -0.39 is 0 Å². The number of hydrogen-bond acceptors (Lipinski definition) is 3. The van der Waals surface area contributed by atoms with E-state index in [1.165, 1.54) is 0 Å². The smallest absolute Gasteiger partial charge is 0.258 e. The zero-order valence-electron chi connectivity index (χ0n) is 12.9. The molecule has 1 saturated carbocycles. The second kappa shape index (κ2) is 5.43. The standard InChI is InChI=1S/C18H21NO3/c1-12-3-2-4-15-16(11-22-17(12)15)18(20)19(14-5-6-14)9-13-7-8-21-10-13/h2-4,11,13-14H,5-10H2,1H3. The van der Waals surface area contributed by atoms with Crippen molar-refractivity contribution in [3.05, 3.63) is 35.6 Å². The molecule has 0 N–H and O–H groups in total. The van der Waals surface area contributed by atoms with E-state index in [4.69, 9.17) is 9.15 Å². The van der Waals surface area contributed by atoms with Crippen molar-refractivity contribution in [3.63, 3.8) is 0 Å². The van der Waals surface area contributed by atoms with Crippen molar-refractivity contribution in [1.29, 1.82) is 0 Å². The summed E-state index contributed by atoms with van der Waals surface area (Å²) in [6.07, 6.45) is 4.92. The Morgan fingerprint density at radius 2 is 2.18 bits per heavy atom. The van der Waals surface area contributed by atoms with Gasteiger partial charge in [0.2, 0.25) is 0 Å². The van der Waals surface area contributed by atoms with Gasteiger partial charge in [-0.25, -0.2) is 0 Å². The lowest BCUT2D eigenvalue weighted by Gasteiger charge is -2.24. The van der Waals surface area contributed by atoms with E-state index >= 15 is 0 Å². The predicted molar refractivity (Wildman–Crippen MR) is 83.9 cm³/mol. The van der Waals surface area contributed by atoms with Crippen LogP contribution in [-0.2, 0) is 4.74 Å². The second-order valence-electron chi connectivity index (χ2n) is 6.52. The molecule has 1 amide bonds. The molecular weight excluding hydrogens is 278 g/mol. The number of ether oxygens (including phenoxy) is 1. The van der Waals surface area contributed by atoms with Crippen molar-refractivity contribution >= 4 is 16.9 Å². The molecular formula is C18H21NO3. The van der Waals surface area contributed by atoms with Crippen LogP contribution in [0.4, 0.5) is 0 Å². The fourth-order valence-electron chi connectivity index (χ4n) is 3.31. The first-order chi connectivity index (χ1) is 10.7. The van der Waals surface area contributed by atoms with Gasteiger partial charge in [0.05, 0.1) is 12.2 Å². The molecule has 2 aliphatic rings. The van der Waals surface area contributed by atoms with Gasteiger partial charge in [0.1, 0.15) is 11.8 Å².